The molecular weight excluding hydrogens is 339 g/mol. The number of carboxylic acid groups (broad SMARTS) is 1. The number of benzene rings is 2. The molecule has 0 heterocycles. The molecule has 1 atom stereocenters. The van der Waals surface area contributed by atoms with Crippen LogP contribution in [0, 0.1) is 0 Å². The minimum Gasteiger partial charge on any atom is -0.477 e. The normalized spacial score (nSPS) is 12.1. The highest BCUT2D eigenvalue weighted by atomic mass is 35.5. The van der Waals surface area contributed by atoms with Crippen molar-refractivity contribution in [3.8, 4) is 0 Å². The molecule has 2 N–H and O–H groups in total. The van der Waals surface area contributed by atoms with E-state index in [2.05, 4.69) is 10.5 Å². The third kappa shape index (κ3) is 4.61. The van der Waals surface area contributed by atoms with Crippen LogP contribution in [0.5, 0.6) is 0 Å². The zero-order chi connectivity index (χ0) is 16.8. The molecule has 5 nitrogen and oxygen atoms in total. The first kappa shape index (κ1) is 17.1. The Balaban J connectivity index is 2.25. The summed E-state index contributed by atoms with van der Waals surface area (Å²) in [5, 5.41) is 16.1. The summed E-state index contributed by atoms with van der Waals surface area (Å²) in [5.41, 5.74) is 2.11. The predicted octanol–water partition coefficient (Wildman–Crippen LogP) is 4.89. The van der Waals surface area contributed by atoms with E-state index in [-0.39, 0.29) is 0 Å². The largest absolute Gasteiger partial charge is 0.477 e. The monoisotopic (exact) mass is 352 g/mol. The van der Waals surface area contributed by atoms with Crippen LogP contribution < -0.4 is 5.32 Å². The molecule has 0 aliphatic rings. The van der Waals surface area contributed by atoms with Crippen LogP contribution in [0.1, 0.15) is 18.6 Å². The van der Waals surface area contributed by atoms with Gasteiger partial charge in [-0.25, -0.2) is 4.79 Å². The topological polar surface area (TPSA) is 70.9 Å². The van der Waals surface area contributed by atoms with Gasteiger partial charge in [0.15, 0.2) is 12.3 Å². The Hall–Kier alpha value is -2.24. The number of nitrogens with one attached hydrogen (secondary N) is 1. The molecule has 2 rings (SSSR count). The molecule has 0 saturated heterocycles. The van der Waals surface area contributed by atoms with Gasteiger partial charge in [0.2, 0.25) is 0 Å². The number of aliphatic carboxylic acids is 1. The summed E-state index contributed by atoms with van der Waals surface area (Å²) in [6, 6.07) is 12.6. The first-order chi connectivity index (χ1) is 11.0. The Morgan fingerprint density at radius 1 is 1.22 bits per heavy atom. The fourth-order valence-electron chi connectivity index (χ4n) is 1.94. The smallest absolute Gasteiger partial charge is 0.350 e. The van der Waals surface area contributed by atoms with E-state index in [0.29, 0.717) is 21.9 Å². The van der Waals surface area contributed by atoms with Gasteiger partial charge in [0.25, 0.3) is 0 Å². The second-order valence-corrected chi connectivity index (χ2v) is 5.44. The third-order valence-corrected chi connectivity index (χ3v) is 3.63. The summed E-state index contributed by atoms with van der Waals surface area (Å²) in [6.45, 7) is 1.76. The second kappa shape index (κ2) is 7.85. The lowest BCUT2D eigenvalue weighted by Gasteiger charge is -2.17. The summed E-state index contributed by atoms with van der Waals surface area (Å²) in [7, 11) is 0. The van der Waals surface area contributed by atoms with Crippen LogP contribution in [-0.4, -0.2) is 17.3 Å². The molecule has 0 amide bonds. The van der Waals surface area contributed by atoms with Crippen LogP contribution in [0.25, 0.3) is 0 Å². The number of nitrogens with zero attached hydrogens (tertiary/aromatic N) is 1. The van der Waals surface area contributed by atoms with Gasteiger partial charge in [-0.3, -0.25) is 0 Å². The minimum atomic E-state index is -1.17. The first-order valence-electron chi connectivity index (χ1n) is 6.71. The first-order valence-corrected chi connectivity index (χ1v) is 7.46. The Kier molecular flexibility index (Phi) is 5.84. The Bertz CT molecular complexity index is 715. The Labute approximate surface area is 143 Å². The Morgan fingerprint density at radius 3 is 2.52 bits per heavy atom. The van der Waals surface area contributed by atoms with E-state index < -0.39 is 12.1 Å². The van der Waals surface area contributed by atoms with Gasteiger partial charge in [-0.1, -0.05) is 52.6 Å². The maximum atomic E-state index is 10.4. The summed E-state index contributed by atoms with van der Waals surface area (Å²) in [5.74, 6) is -1.17. The second-order valence-electron chi connectivity index (χ2n) is 4.63. The zero-order valence-corrected chi connectivity index (χ0v) is 13.7. The highest BCUT2D eigenvalue weighted by Crippen LogP contribution is 2.35. The molecule has 0 bridgehead atoms. The number of anilines is 2. The van der Waals surface area contributed by atoms with Crippen LogP contribution >= 0.6 is 23.2 Å². The molecule has 0 spiro atoms. The highest BCUT2D eigenvalue weighted by molar-refractivity contribution is 6.39. The van der Waals surface area contributed by atoms with E-state index in [0.717, 1.165) is 11.3 Å². The van der Waals surface area contributed by atoms with Gasteiger partial charge in [-0.15, -0.1) is 0 Å². The van der Waals surface area contributed by atoms with Crippen molar-refractivity contribution in [2.75, 3.05) is 5.32 Å². The molecule has 0 aliphatic carbocycles. The van der Waals surface area contributed by atoms with Crippen molar-refractivity contribution in [1.82, 2.24) is 0 Å². The molecule has 0 radical (unpaired) electrons. The maximum absolute atomic E-state index is 10.4. The van der Waals surface area contributed by atoms with Crippen molar-refractivity contribution in [2.24, 2.45) is 5.16 Å². The lowest BCUT2D eigenvalue weighted by molar-refractivity contribution is -0.129. The fourth-order valence-corrected chi connectivity index (χ4v) is 2.43. The molecule has 1 unspecified atom stereocenters. The highest BCUT2D eigenvalue weighted by Gasteiger charge is 2.14. The quantitative estimate of drug-likeness (QED) is 0.573. The predicted molar refractivity (Wildman–Crippen MR) is 91.8 cm³/mol. The van der Waals surface area contributed by atoms with Gasteiger partial charge in [0.05, 0.1) is 15.7 Å². The average Bonchev–Trinajstić information content (AvgIpc) is 2.51. The van der Waals surface area contributed by atoms with E-state index in [1.54, 1.807) is 25.1 Å². The molecule has 2 aromatic rings. The number of halogens is 2. The van der Waals surface area contributed by atoms with Crippen molar-refractivity contribution < 1.29 is 14.7 Å². The molecule has 0 aliphatic heterocycles. The van der Waals surface area contributed by atoms with Crippen molar-refractivity contribution in [3.05, 3.63) is 58.1 Å². The Morgan fingerprint density at radius 2 is 1.87 bits per heavy atom. The van der Waals surface area contributed by atoms with Gasteiger partial charge in [-0.05, 0) is 25.1 Å². The average molecular weight is 353 g/mol. The number of hydrogen-bond donors (Lipinski definition) is 2. The SMILES string of the molecule is CC(ON=CC(=O)O)c1ccccc1Nc1c(Cl)cccc1Cl. The van der Waals surface area contributed by atoms with Gasteiger partial charge in [0.1, 0.15) is 0 Å². The van der Waals surface area contributed by atoms with Crippen LogP contribution in [0.3, 0.4) is 0 Å². The van der Waals surface area contributed by atoms with E-state index in [1.165, 1.54) is 0 Å². The molecule has 0 fully saturated rings. The third-order valence-electron chi connectivity index (χ3n) is 3.00. The number of oxime groups is 1. The number of hydrogen-bond acceptors (Lipinski definition) is 4. The van der Waals surface area contributed by atoms with Crippen LogP contribution in [-0.2, 0) is 9.63 Å². The fraction of sp³-hybridized carbons (Fsp3) is 0.125. The van der Waals surface area contributed by atoms with Crippen molar-refractivity contribution in [3.63, 3.8) is 0 Å². The minimum absolute atomic E-state index is 0.462. The molecule has 120 valence electrons. The van der Waals surface area contributed by atoms with E-state index >= 15 is 0 Å². The van der Waals surface area contributed by atoms with E-state index in [4.69, 9.17) is 33.1 Å². The van der Waals surface area contributed by atoms with Gasteiger partial charge < -0.3 is 15.3 Å². The van der Waals surface area contributed by atoms with Crippen LogP contribution in [0.4, 0.5) is 11.4 Å². The van der Waals surface area contributed by atoms with Crippen molar-refractivity contribution >= 4 is 46.8 Å². The summed E-state index contributed by atoms with van der Waals surface area (Å²) in [4.78, 5) is 15.6. The maximum Gasteiger partial charge on any atom is 0.350 e. The van der Waals surface area contributed by atoms with Crippen molar-refractivity contribution in [1.29, 1.82) is 0 Å². The molecular formula is C16H14Cl2N2O3. The number of rotatable bonds is 6. The van der Waals surface area contributed by atoms with Crippen molar-refractivity contribution in [2.45, 2.75) is 13.0 Å². The van der Waals surface area contributed by atoms with Crippen LogP contribution in [0.2, 0.25) is 10.0 Å². The van der Waals surface area contributed by atoms with E-state index in [9.17, 15) is 4.79 Å². The van der Waals surface area contributed by atoms with Gasteiger partial charge >= 0.3 is 5.97 Å². The summed E-state index contributed by atoms with van der Waals surface area (Å²) >= 11 is 12.3. The zero-order valence-electron chi connectivity index (χ0n) is 12.2. The summed E-state index contributed by atoms with van der Waals surface area (Å²) < 4.78 is 0. The van der Waals surface area contributed by atoms with E-state index in [1.807, 2.05) is 24.3 Å². The molecule has 2 aromatic carbocycles. The molecule has 0 aromatic heterocycles. The summed E-state index contributed by atoms with van der Waals surface area (Å²) in [6.07, 6.45) is 0.229. The standard InChI is InChI=1S/C16H14Cl2N2O3/c1-10(23-19-9-15(21)22)11-5-2-3-8-14(11)20-16-12(17)6-4-7-13(16)18/h2-10,20H,1H3,(H,21,22). The lowest BCUT2D eigenvalue weighted by atomic mass is 10.1. The number of carboxylic acids is 1. The van der Waals surface area contributed by atoms with Gasteiger partial charge in [0, 0.05) is 11.3 Å². The molecule has 23 heavy (non-hydrogen) atoms. The number of carbonyl (C=O) groups is 1. The number of para-hydroxylation sites is 2. The van der Waals surface area contributed by atoms with Gasteiger partial charge in [-0.2, -0.15) is 0 Å². The molecule has 7 heteroatoms. The molecule has 0 saturated carbocycles. The van der Waals surface area contributed by atoms with Crippen LogP contribution in [0.15, 0.2) is 47.6 Å². The lowest BCUT2D eigenvalue weighted by Crippen LogP contribution is -2.03.